The Balaban J connectivity index is 0.000000280. The van der Waals surface area contributed by atoms with Gasteiger partial charge in [-0.15, -0.1) is 11.6 Å². The molecule has 96 valence electrons. The summed E-state index contributed by atoms with van der Waals surface area (Å²) in [6.07, 6.45) is 2.37. The van der Waals surface area contributed by atoms with E-state index in [1.165, 1.54) is 16.8 Å². The molecule has 0 aliphatic carbocycles. The summed E-state index contributed by atoms with van der Waals surface area (Å²) in [5.74, 6) is 0.816. The Morgan fingerprint density at radius 2 is 1.28 bits per heavy atom. The topological polar surface area (TPSA) is 0 Å². The molecule has 0 bridgehead atoms. The lowest BCUT2D eigenvalue weighted by Gasteiger charge is -1.99. The molecule has 18 heavy (non-hydrogen) atoms. The Morgan fingerprint density at radius 1 is 0.833 bits per heavy atom. The van der Waals surface area contributed by atoms with Gasteiger partial charge >= 0.3 is 0 Å². The van der Waals surface area contributed by atoms with Crippen LogP contribution in [-0.4, -0.2) is 15.4 Å². The predicted octanol–water partition coefficient (Wildman–Crippen LogP) is 2.83. The number of hydrogen-bond acceptors (Lipinski definition) is 0. The van der Waals surface area contributed by atoms with E-state index in [1.807, 2.05) is 0 Å². The Bertz CT molecular complexity index is 360. The van der Waals surface area contributed by atoms with E-state index in [0.29, 0.717) is 0 Å². The van der Waals surface area contributed by atoms with Crippen LogP contribution in [0.5, 0.6) is 0 Å². The second kappa shape index (κ2) is 9.92. The van der Waals surface area contributed by atoms with Crippen LogP contribution < -0.4 is 10.4 Å². The Kier molecular flexibility index (Phi) is 8.27. The maximum Gasteiger partial charge on any atom is 0.0875 e. The maximum atomic E-state index is 5.30. The molecule has 0 nitrogen and oxygen atoms in total. The van der Waals surface area contributed by atoms with Gasteiger partial charge in [-0.05, 0) is 6.42 Å². The summed E-state index contributed by atoms with van der Waals surface area (Å²) in [6.45, 7) is 2.13. The van der Waals surface area contributed by atoms with E-state index in [4.69, 9.17) is 11.6 Å². The molecule has 0 spiro atoms. The summed E-state index contributed by atoms with van der Waals surface area (Å²) in [5.41, 5.74) is 0. The van der Waals surface area contributed by atoms with E-state index in [0.717, 1.165) is 12.3 Å². The second-order valence-electron chi connectivity index (χ2n) is 4.19. The fourth-order valence-corrected chi connectivity index (χ4v) is 3.32. The molecule has 2 heteroatoms. The van der Waals surface area contributed by atoms with Gasteiger partial charge in [-0.25, -0.2) is 0 Å². The molecule has 0 saturated heterocycles. The highest BCUT2D eigenvalue weighted by Gasteiger charge is 1.93. The molecule has 0 unspecified atom stereocenters. The van der Waals surface area contributed by atoms with Crippen molar-refractivity contribution in [2.24, 2.45) is 0 Å². The number of benzene rings is 2. The highest BCUT2D eigenvalue weighted by Crippen LogP contribution is 1.86. The first-order chi connectivity index (χ1) is 8.86. The SMILES string of the molecule is CCCCCl.c1ccc([SiH2]c2ccccc2)cc1. The van der Waals surface area contributed by atoms with Gasteiger partial charge < -0.3 is 0 Å². The first-order valence-electron chi connectivity index (χ1n) is 6.50. The van der Waals surface area contributed by atoms with Crippen LogP contribution in [-0.2, 0) is 0 Å². The van der Waals surface area contributed by atoms with Crippen molar-refractivity contribution < 1.29 is 0 Å². The number of hydrogen-bond donors (Lipinski definition) is 0. The molecule has 0 aromatic heterocycles. The van der Waals surface area contributed by atoms with Gasteiger partial charge in [0.05, 0.1) is 9.52 Å². The van der Waals surface area contributed by atoms with Crippen molar-refractivity contribution in [1.29, 1.82) is 0 Å². The van der Waals surface area contributed by atoms with Crippen molar-refractivity contribution in [3.05, 3.63) is 60.7 Å². The maximum absolute atomic E-state index is 5.30. The highest BCUT2D eigenvalue weighted by atomic mass is 35.5. The van der Waals surface area contributed by atoms with E-state index in [2.05, 4.69) is 67.6 Å². The van der Waals surface area contributed by atoms with Gasteiger partial charge in [0.2, 0.25) is 0 Å². The highest BCUT2D eigenvalue weighted by molar-refractivity contribution is 6.67. The minimum atomic E-state index is -0.234. The molecule has 0 heterocycles. The third kappa shape index (κ3) is 6.63. The zero-order valence-corrected chi connectivity index (χ0v) is 13.2. The van der Waals surface area contributed by atoms with E-state index >= 15 is 0 Å². The van der Waals surface area contributed by atoms with Crippen molar-refractivity contribution in [3.8, 4) is 0 Å². The molecule has 0 atom stereocenters. The molecule has 0 aliphatic heterocycles. The van der Waals surface area contributed by atoms with Gasteiger partial charge in [0.15, 0.2) is 0 Å². The number of rotatable bonds is 4. The molecular weight excluding hydrogens is 256 g/mol. The van der Waals surface area contributed by atoms with Crippen LogP contribution in [0, 0.1) is 0 Å². The van der Waals surface area contributed by atoms with Gasteiger partial charge in [-0.1, -0.05) is 84.4 Å². The summed E-state index contributed by atoms with van der Waals surface area (Å²) in [6, 6.07) is 21.5. The van der Waals surface area contributed by atoms with Gasteiger partial charge in [0, 0.05) is 5.88 Å². The summed E-state index contributed by atoms with van der Waals surface area (Å²) < 4.78 is 0. The third-order valence-electron chi connectivity index (χ3n) is 2.58. The first-order valence-corrected chi connectivity index (χ1v) is 8.45. The van der Waals surface area contributed by atoms with Crippen molar-refractivity contribution in [2.45, 2.75) is 19.8 Å². The van der Waals surface area contributed by atoms with Crippen molar-refractivity contribution in [2.75, 3.05) is 5.88 Å². The molecule has 0 saturated carbocycles. The first kappa shape index (κ1) is 15.0. The average Bonchev–Trinajstić information content (AvgIpc) is 2.43. The zero-order valence-electron chi connectivity index (χ0n) is 11.0. The van der Waals surface area contributed by atoms with E-state index < -0.39 is 0 Å². The third-order valence-corrected chi connectivity index (χ3v) is 4.61. The number of halogens is 1. The standard InChI is InChI=1S/C12H12Si.C4H9Cl/c1-3-7-11(8-4-1)13-12-9-5-2-6-10-12;1-2-3-4-5/h1-10H,13H2;2-4H2,1H3. The summed E-state index contributed by atoms with van der Waals surface area (Å²) in [5, 5.41) is 3.02. The summed E-state index contributed by atoms with van der Waals surface area (Å²) in [4.78, 5) is 0. The smallest absolute Gasteiger partial charge is 0.0875 e. The lowest BCUT2D eigenvalue weighted by Crippen LogP contribution is -2.26. The molecule has 2 aromatic rings. The van der Waals surface area contributed by atoms with Gasteiger partial charge in [0.1, 0.15) is 0 Å². The Hall–Kier alpha value is -1.05. The average molecular weight is 277 g/mol. The van der Waals surface area contributed by atoms with Crippen LogP contribution in [0.25, 0.3) is 0 Å². The van der Waals surface area contributed by atoms with Crippen LogP contribution in [0.15, 0.2) is 60.7 Å². The predicted molar refractivity (Wildman–Crippen MR) is 86.3 cm³/mol. The van der Waals surface area contributed by atoms with E-state index in [9.17, 15) is 0 Å². The lowest BCUT2D eigenvalue weighted by atomic mass is 10.4. The second-order valence-corrected chi connectivity index (χ2v) is 6.56. The van der Waals surface area contributed by atoms with Gasteiger partial charge in [-0.3, -0.25) is 0 Å². The molecule has 2 aromatic carbocycles. The van der Waals surface area contributed by atoms with Gasteiger partial charge in [-0.2, -0.15) is 0 Å². The monoisotopic (exact) mass is 276 g/mol. The molecule has 0 aliphatic rings. The molecule has 2 rings (SSSR count). The fraction of sp³-hybridized carbons (Fsp3) is 0.250. The molecule has 0 N–H and O–H groups in total. The molecule has 0 radical (unpaired) electrons. The van der Waals surface area contributed by atoms with Crippen molar-refractivity contribution in [1.82, 2.24) is 0 Å². The number of alkyl halides is 1. The normalized spacial score (nSPS) is 9.44. The van der Waals surface area contributed by atoms with Crippen LogP contribution >= 0.6 is 11.6 Å². The minimum absolute atomic E-state index is 0.234. The van der Waals surface area contributed by atoms with Gasteiger partial charge in [0.25, 0.3) is 0 Å². The summed E-state index contributed by atoms with van der Waals surface area (Å²) >= 11 is 5.30. The zero-order chi connectivity index (χ0) is 13.1. The van der Waals surface area contributed by atoms with Crippen LogP contribution in [0.2, 0.25) is 0 Å². The van der Waals surface area contributed by atoms with E-state index in [-0.39, 0.29) is 9.52 Å². The summed E-state index contributed by atoms with van der Waals surface area (Å²) in [7, 11) is -0.234. The Labute approximate surface area is 118 Å². The minimum Gasteiger partial charge on any atom is -0.127 e. The van der Waals surface area contributed by atoms with Crippen LogP contribution in [0.4, 0.5) is 0 Å². The van der Waals surface area contributed by atoms with Crippen molar-refractivity contribution in [3.63, 3.8) is 0 Å². The lowest BCUT2D eigenvalue weighted by molar-refractivity contribution is 0.892. The molecule has 0 amide bonds. The van der Waals surface area contributed by atoms with Crippen molar-refractivity contribution >= 4 is 31.5 Å². The fourth-order valence-electron chi connectivity index (χ4n) is 1.56. The largest absolute Gasteiger partial charge is 0.127 e. The van der Waals surface area contributed by atoms with E-state index in [1.54, 1.807) is 0 Å². The van der Waals surface area contributed by atoms with Crippen LogP contribution in [0.1, 0.15) is 19.8 Å². The van der Waals surface area contributed by atoms with Crippen LogP contribution in [0.3, 0.4) is 0 Å². The molecule has 0 fully saturated rings. The number of unbranched alkanes of at least 4 members (excludes halogenated alkanes) is 1. The Morgan fingerprint density at radius 3 is 1.56 bits per heavy atom. The quantitative estimate of drug-likeness (QED) is 0.595. The molecular formula is C16H21ClSi.